The smallest absolute Gasteiger partial charge is 0.144 e. The van der Waals surface area contributed by atoms with E-state index in [0.29, 0.717) is 8.95 Å². The molecule has 0 unspecified atom stereocenters. The molecule has 0 fully saturated rings. The van der Waals surface area contributed by atoms with Crippen LogP contribution < -0.4 is 0 Å². The molecule has 1 N–H and O–H groups in total. The summed E-state index contributed by atoms with van der Waals surface area (Å²) >= 11 is 13.6. The van der Waals surface area contributed by atoms with Crippen LogP contribution >= 0.6 is 63.7 Å². The minimum absolute atomic E-state index is 0.206. The topological polar surface area (TPSA) is 20.2 Å². The summed E-state index contributed by atoms with van der Waals surface area (Å²) in [5.41, 5.74) is 1.95. The Bertz CT molecular complexity index is 581. The fourth-order valence-corrected chi connectivity index (χ4v) is 3.87. The Morgan fingerprint density at radius 1 is 0.765 bits per heavy atom. The lowest BCUT2D eigenvalue weighted by atomic mass is 10.1. The molecule has 0 radical (unpaired) electrons. The van der Waals surface area contributed by atoms with Crippen LogP contribution in [0.3, 0.4) is 0 Å². The van der Waals surface area contributed by atoms with Gasteiger partial charge < -0.3 is 5.11 Å². The highest BCUT2D eigenvalue weighted by molar-refractivity contribution is 9.11. The third-order valence-electron chi connectivity index (χ3n) is 2.29. The molecule has 0 saturated heterocycles. The molecule has 5 heteroatoms. The van der Waals surface area contributed by atoms with Crippen molar-refractivity contribution in [3.8, 4) is 16.9 Å². The number of benzene rings is 2. The lowest BCUT2D eigenvalue weighted by molar-refractivity contribution is 0.469. The Labute approximate surface area is 133 Å². The van der Waals surface area contributed by atoms with Crippen LogP contribution in [0.1, 0.15) is 0 Å². The highest BCUT2D eigenvalue weighted by atomic mass is 79.9. The van der Waals surface area contributed by atoms with Gasteiger partial charge >= 0.3 is 0 Å². The Kier molecular flexibility index (Phi) is 4.34. The van der Waals surface area contributed by atoms with Crippen LogP contribution in [0, 0.1) is 0 Å². The molecule has 2 aromatic carbocycles. The first-order valence-corrected chi connectivity index (χ1v) is 7.80. The van der Waals surface area contributed by atoms with Crippen molar-refractivity contribution in [1.29, 1.82) is 0 Å². The molecular weight excluding hydrogens is 480 g/mol. The first-order valence-electron chi connectivity index (χ1n) is 4.63. The van der Waals surface area contributed by atoms with E-state index in [0.717, 1.165) is 20.1 Å². The quantitative estimate of drug-likeness (QED) is 0.517. The van der Waals surface area contributed by atoms with Crippen LogP contribution in [-0.4, -0.2) is 5.11 Å². The van der Waals surface area contributed by atoms with Gasteiger partial charge in [0, 0.05) is 14.5 Å². The molecular formula is C12H6Br4O. The number of phenols is 1. The molecule has 88 valence electrons. The SMILES string of the molecule is Oc1c(Br)ccc(-c2ccc(Br)cc2Br)c1Br. The van der Waals surface area contributed by atoms with Gasteiger partial charge in [0.15, 0.2) is 0 Å². The molecule has 2 rings (SSSR count). The van der Waals surface area contributed by atoms with E-state index in [1.54, 1.807) is 0 Å². The fourth-order valence-electron chi connectivity index (χ4n) is 1.46. The Morgan fingerprint density at radius 2 is 1.41 bits per heavy atom. The number of rotatable bonds is 1. The molecule has 0 saturated carbocycles. The maximum atomic E-state index is 9.88. The first kappa shape index (κ1) is 13.6. The van der Waals surface area contributed by atoms with Crippen molar-refractivity contribution in [1.82, 2.24) is 0 Å². The molecule has 2 aromatic rings. The van der Waals surface area contributed by atoms with E-state index >= 15 is 0 Å². The second kappa shape index (κ2) is 5.43. The van der Waals surface area contributed by atoms with Gasteiger partial charge in [0.2, 0.25) is 0 Å². The average molecular weight is 486 g/mol. The van der Waals surface area contributed by atoms with E-state index < -0.39 is 0 Å². The van der Waals surface area contributed by atoms with Gasteiger partial charge in [-0.1, -0.05) is 44.0 Å². The third kappa shape index (κ3) is 2.78. The largest absolute Gasteiger partial charge is 0.506 e. The van der Waals surface area contributed by atoms with Gasteiger partial charge in [0.1, 0.15) is 5.75 Å². The van der Waals surface area contributed by atoms with Crippen molar-refractivity contribution in [2.45, 2.75) is 0 Å². The van der Waals surface area contributed by atoms with Crippen LogP contribution in [0.15, 0.2) is 48.2 Å². The van der Waals surface area contributed by atoms with Gasteiger partial charge in [-0.25, -0.2) is 0 Å². The van der Waals surface area contributed by atoms with E-state index in [1.807, 2.05) is 30.3 Å². The highest BCUT2D eigenvalue weighted by Gasteiger charge is 2.12. The van der Waals surface area contributed by atoms with E-state index in [2.05, 4.69) is 63.7 Å². The minimum Gasteiger partial charge on any atom is -0.506 e. The summed E-state index contributed by atoms with van der Waals surface area (Å²) in [5, 5.41) is 9.88. The Hall–Kier alpha value is 0.160. The van der Waals surface area contributed by atoms with Crippen LogP contribution in [0.25, 0.3) is 11.1 Å². The molecule has 0 spiro atoms. The van der Waals surface area contributed by atoms with Crippen LogP contribution in [0.5, 0.6) is 5.75 Å². The molecule has 0 aliphatic rings. The lowest BCUT2D eigenvalue weighted by Crippen LogP contribution is -1.83. The number of hydrogen-bond acceptors (Lipinski definition) is 1. The van der Waals surface area contributed by atoms with E-state index in [1.165, 1.54) is 0 Å². The second-order valence-corrected chi connectivity index (χ2v) is 6.80. The summed E-state index contributed by atoms with van der Waals surface area (Å²) in [4.78, 5) is 0. The average Bonchev–Trinajstić information content (AvgIpc) is 2.28. The number of phenolic OH excluding ortho intramolecular Hbond substituents is 1. The Morgan fingerprint density at radius 3 is 2.06 bits per heavy atom. The normalized spacial score (nSPS) is 10.6. The molecule has 17 heavy (non-hydrogen) atoms. The van der Waals surface area contributed by atoms with E-state index in [9.17, 15) is 5.11 Å². The Balaban J connectivity index is 2.65. The zero-order valence-corrected chi connectivity index (χ0v) is 14.7. The van der Waals surface area contributed by atoms with Crippen LogP contribution in [0.4, 0.5) is 0 Å². The minimum atomic E-state index is 0.206. The van der Waals surface area contributed by atoms with Gasteiger partial charge in [-0.05, 0) is 55.6 Å². The summed E-state index contributed by atoms with van der Waals surface area (Å²) in [6.07, 6.45) is 0. The van der Waals surface area contributed by atoms with E-state index in [-0.39, 0.29) is 5.75 Å². The van der Waals surface area contributed by atoms with Gasteiger partial charge in [0.25, 0.3) is 0 Å². The van der Waals surface area contributed by atoms with Gasteiger partial charge in [-0.2, -0.15) is 0 Å². The number of hydrogen-bond donors (Lipinski definition) is 1. The molecule has 0 heterocycles. The molecule has 0 aromatic heterocycles. The number of halogens is 4. The summed E-state index contributed by atoms with van der Waals surface area (Å²) in [5.74, 6) is 0.206. The van der Waals surface area contributed by atoms with E-state index in [4.69, 9.17) is 0 Å². The molecule has 0 bridgehead atoms. The molecule has 0 amide bonds. The maximum absolute atomic E-state index is 9.88. The predicted octanol–water partition coefficient (Wildman–Crippen LogP) is 6.11. The summed E-state index contributed by atoms with van der Waals surface area (Å²) in [7, 11) is 0. The van der Waals surface area contributed by atoms with Crippen molar-refractivity contribution >= 4 is 63.7 Å². The molecule has 0 aliphatic carbocycles. The monoisotopic (exact) mass is 482 g/mol. The molecule has 0 atom stereocenters. The summed E-state index contributed by atoms with van der Waals surface area (Å²) in [6, 6.07) is 9.69. The zero-order chi connectivity index (χ0) is 12.6. The number of aromatic hydroxyl groups is 1. The predicted molar refractivity (Wildman–Crippen MR) is 84.3 cm³/mol. The second-order valence-electron chi connectivity index (χ2n) is 3.38. The van der Waals surface area contributed by atoms with Crippen molar-refractivity contribution in [2.24, 2.45) is 0 Å². The van der Waals surface area contributed by atoms with Crippen molar-refractivity contribution in [2.75, 3.05) is 0 Å². The van der Waals surface area contributed by atoms with Crippen molar-refractivity contribution < 1.29 is 5.11 Å². The van der Waals surface area contributed by atoms with Crippen LogP contribution in [-0.2, 0) is 0 Å². The van der Waals surface area contributed by atoms with Gasteiger partial charge in [0.05, 0.1) is 8.95 Å². The standard InChI is InChI=1S/C12H6Br4O/c13-6-1-2-7(10(15)5-6)8-3-4-9(14)12(17)11(8)16/h1-5,17H. The van der Waals surface area contributed by atoms with Gasteiger partial charge in [-0.15, -0.1) is 0 Å². The third-order valence-corrected chi connectivity index (χ3v) is 4.88. The first-order chi connectivity index (χ1) is 8.00. The summed E-state index contributed by atoms with van der Waals surface area (Å²) < 4.78 is 3.32. The van der Waals surface area contributed by atoms with Gasteiger partial charge in [-0.3, -0.25) is 0 Å². The summed E-state index contributed by atoms with van der Waals surface area (Å²) in [6.45, 7) is 0. The maximum Gasteiger partial charge on any atom is 0.144 e. The molecule has 1 nitrogen and oxygen atoms in total. The lowest BCUT2D eigenvalue weighted by Gasteiger charge is -2.10. The van der Waals surface area contributed by atoms with Crippen molar-refractivity contribution in [3.63, 3.8) is 0 Å². The zero-order valence-electron chi connectivity index (χ0n) is 8.35. The van der Waals surface area contributed by atoms with Crippen LogP contribution in [0.2, 0.25) is 0 Å². The molecule has 0 aliphatic heterocycles. The highest BCUT2D eigenvalue weighted by Crippen LogP contribution is 2.42. The van der Waals surface area contributed by atoms with Crippen molar-refractivity contribution in [3.05, 3.63) is 48.2 Å². The fraction of sp³-hybridized carbons (Fsp3) is 0.